The maximum Gasteiger partial charge on any atom is 0.186 e. The Morgan fingerprint density at radius 2 is 1.44 bits per heavy atom. The fourth-order valence-corrected chi connectivity index (χ4v) is 1.38. The van der Waals surface area contributed by atoms with Gasteiger partial charge in [-0.15, -0.1) is 0 Å². The number of carbonyl (C=O) groups excluding carboxylic acids is 1. The van der Waals surface area contributed by atoms with E-state index in [0.29, 0.717) is 0 Å². The number of allylic oxidation sites excluding steroid dienone is 1. The Bertz CT molecular complexity index is 480. The van der Waals surface area contributed by atoms with Crippen LogP contribution in [0.15, 0.2) is 55.1 Å². The first kappa shape index (κ1) is 10.2. The lowest BCUT2D eigenvalue weighted by atomic mass is 10.1. The number of aromatic nitrogens is 2. The molecule has 0 unspecified atom stereocenters. The van der Waals surface area contributed by atoms with E-state index in [2.05, 4.69) is 9.97 Å². The van der Waals surface area contributed by atoms with Gasteiger partial charge in [0.2, 0.25) is 0 Å². The molecular weight excluding hydrogens is 200 g/mol. The van der Waals surface area contributed by atoms with Crippen molar-refractivity contribution in [1.82, 2.24) is 9.97 Å². The van der Waals surface area contributed by atoms with Crippen LogP contribution in [0.1, 0.15) is 15.9 Å². The first-order valence-corrected chi connectivity index (χ1v) is 4.89. The molecule has 1 heterocycles. The summed E-state index contributed by atoms with van der Waals surface area (Å²) >= 11 is 0. The van der Waals surface area contributed by atoms with Gasteiger partial charge in [-0.3, -0.25) is 14.8 Å². The first-order valence-electron chi connectivity index (χ1n) is 4.89. The van der Waals surface area contributed by atoms with Crippen LogP contribution in [-0.2, 0) is 0 Å². The predicted molar refractivity (Wildman–Crippen MR) is 61.8 cm³/mol. The zero-order valence-corrected chi connectivity index (χ0v) is 8.58. The second kappa shape index (κ2) is 4.98. The molecule has 0 saturated heterocycles. The SMILES string of the molecule is O=C1C=Cc2ccccc21.c1cnccn1. The van der Waals surface area contributed by atoms with Gasteiger partial charge in [0.15, 0.2) is 5.78 Å². The molecule has 0 bridgehead atoms. The fourth-order valence-electron chi connectivity index (χ4n) is 1.38. The number of benzene rings is 1. The smallest absolute Gasteiger partial charge is 0.186 e. The summed E-state index contributed by atoms with van der Waals surface area (Å²) in [6.45, 7) is 0. The molecule has 0 fully saturated rings. The summed E-state index contributed by atoms with van der Waals surface area (Å²) in [5, 5.41) is 0. The van der Waals surface area contributed by atoms with Gasteiger partial charge in [0.05, 0.1) is 0 Å². The van der Waals surface area contributed by atoms with Crippen LogP contribution in [0.4, 0.5) is 0 Å². The number of fused-ring (bicyclic) bond motifs is 1. The highest BCUT2D eigenvalue weighted by molar-refractivity contribution is 6.13. The van der Waals surface area contributed by atoms with Crippen molar-refractivity contribution >= 4 is 11.9 Å². The second-order valence-corrected chi connectivity index (χ2v) is 3.18. The van der Waals surface area contributed by atoms with Crippen LogP contribution in [0.3, 0.4) is 0 Å². The molecule has 0 spiro atoms. The van der Waals surface area contributed by atoms with Crippen LogP contribution in [0.5, 0.6) is 0 Å². The Hall–Kier alpha value is -2.29. The van der Waals surface area contributed by atoms with Crippen molar-refractivity contribution in [2.45, 2.75) is 0 Å². The summed E-state index contributed by atoms with van der Waals surface area (Å²) in [6, 6.07) is 7.60. The predicted octanol–water partition coefficient (Wildman–Crippen LogP) is 2.37. The fraction of sp³-hybridized carbons (Fsp3) is 0. The summed E-state index contributed by atoms with van der Waals surface area (Å²) in [4.78, 5) is 18.4. The van der Waals surface area contributed by atoms with Crippen molar-refractivity contribution in [1.29, 1.82) is 0 Å². The third-order valence-corrected chi connectivity index (χ3v) is 2.12. The molecule has 16 heavy (non-hydrogen) atoms. The summed E-state index contributed by atoms with van der Waals surface area (Å²) < 4.78 is 0. The minimum Gasteiger partial charge on any atom is -0.289 e. The van der Waals surface area contributed by atoms with E-state index in [9.17, 15) is 4.79 Å². The molecule has 2 aromatic rings. The maximum absolute atomic E-state index is 11.0. The van der Waals surface area contributed by atoms with Gasteiger partial charge in [-0.25, -0.2) is 0 Å². The zero-order chi connectivity index (χ0) is 11.2. The van der Waals surface area contributed by atoms with E-state index in [1.807, 2.05) is 30.3 Å². The summed E-state index contributed by atoms with van der Waals surface area (Å²) in [5.74, 6) is 0.121. The number of ketones is 1. The van der Waals surface area contributed by atoms with Gasteiger partial charge in [-0.05, 0) is 11.6 Å². The molecule has 0 radical (unpaired) electrons. The molecule has 1 aliphatic carbocycles. The van der Waals surface area contributed by atoms with Crippen molar-refractivity contribution in [3.63, 3.8) is 0 Å². The van der Waals surface area contributed by atoms with E-state index in [1.54, 1.807) is 30.9 Å². The molecule has 0 aliphatic heterocycles. The summed E-state index contributed by atoms with van der Waals surface area (Å²) in [6.07, 6.45) is 10.0. The molecule has 1 aromatic carbocycles. The van der Waals surface area contributed by atoms with E-state index in [4.69, 9.17) is 0 Å². The minimum atomic E-state index is 0.121. The summed E-state index contributed by atoms with van der Waals surface area (Å²) in [7, 11) is 0. The number of carbonyl (C=O) groups is 1. The van der Waals surface area contributed by atoms with Gasteiger partial charge in [-0.2, -0.15) is 0 Å². The molecule has 3 rings (SSSR count). The number of hydrogen-bond donors (Lipinski definition) is 0. The molecular formula is C13H10N2O. The largest absolute Gasteiger partial charge is 0.289 e. The van der Waals surface area contributed by atoms with Gasteiger partial charge in [0, 0.05) is 30.4 Å². The highest BCUT2D eigenvalue weighted by Crippen LogP contribution is 2.17. The molecule has 3 nitrogen and oxygen atoms in total. The monoisotopic (exact) mass is 210 g/mol. The third-order valence-electron chi connectivity index (χ3n) is 2.12. The Labute approximate surface area is 93.5 Å². The van der Waals surface area contributed by atoms with Crippen molar-refractivity contribution in [2.75, 3.05) is 0 Å². The van der Waals surface area contributed by atoms with Crippen molar-refractivity contribution in [3.05, 3.63) is 66.3 Å². The molecule has 0 saturated carbocycles. The first-order chi connectivity index (χ1) is 7.88. The van der Waals surface area contributed by atoms with Gasteiger partial charge in [-0.1, -0.05) is 30.3 Å². The third kappa shape index (κ3) is 2.39. The van der Waals surface area contributed by atoms with Crippen LogP contribution in [-0.4, -0.2) is 15.8 Å². The quantitative estimate of drug-likeness (QED) is 0.670. The lowest BCUT2D eigenvalue weighted by Crippen LogP contribution is -1.89. The molecule has 0 N–H and O–H groups in total. The molecule has 1 aromatic heterocycles. The number of nitrogens with zero attached hydrogens (tertiary/aromatic N) is 2. The van der Waals surface area contributed by atoms with Gasteiger partial charge in [0.1, 0.15) is 0 Å². The molecule has 78 valence electrons. The lowest BCUT2D eigenvalue weighted by molar-refractivity contribution is 0.105. The highest BCUT2D eigenvalue weighted by Gasteiger charge is 2.10. The summed E-state index contributed by atoms with van der Waals surface area (Å²) in [5.41, 5.74) is 1.86. The van der Waals surface area contributed by atoms with Crippen molar-refractivity contribution < 1.29 is 4.79 Å². The van der Waals surface area contributed by atoms with Crippen LogP contribution < -0.4 is 0 Å². The van der Waals surface area contributed by atoms with E-state index < -0.39 is 0 Å². The van der Waals surface area contributed by atoms with E-state index in [0.717, 1.165) is 11.1 Å². The Morgan fingerprint density at radius 1 is 0.812 bits per heavy atom. The molecule has 3 heteroatoms. The van der Waals surface area contributed by atoms with Crippen molar-refractivity contribution in [2.24, 2.45) is 0 Å². The van der Waals surface area contributed by atoms with E-state index >= 15 is 0 Å². The average molecular weight is 210 g/mol. The van der Waals surface area contributed by atoms with Gasteiger partial charge in [0.25, 0.3) is 0 Å². The van der Waals surface area contributed by atoms with E-state index in [-0.39, 0.29) is 5.78 Å². The normalized spacial score (nSPS) is 11.6. The molecule has 0 atom stereocenters. The maximum atomic E-state index is 11.0. The van der Waals surface area contributed by atoms with Crippen LogP contribution in [0.2, 0.25) is 0 Å². The van der Waals surface area contributed by atoms with Gasteiger partial charge < -0.3 is 0 Å². The van der Waals surface area contributed by atoms with Crippen molar-refractivity contribution in [3.8, 4) is 0 Å². The van der Waals surface area contributed by atoms with Crippen LogP contribution in [0, 0.1) is 0 Å². The Morgan fingerprint density at radius 3 is 2.00 bits per heavy atom. The average Bonchev–Trinajstić information content (AvgIpc) is 2.75. The standard InChI is InChI=1S/C9H6O.C4H4N2/c10-9-6-5-7-3-1-2-4-8(7)9;1-2-6-4-3-5-1/h1-6H;1-4H. The van der Waals surface area contributed by atoms with Crippen LogP contribution >= 0.6 is 0 Å². The van der Waals surface area contributed by atoms with E-state index in [1.165, 1.54) is 0 Å². The lowest BCUT2D eigenvalue weighted by Gasteiger charge is -1.92. The Balaban J connectivity index is 0.000000138. The van der Waals surface area contributed by atoms with Gasteiger partial charge >= 0.3 is 0 Å². The number of hydrogen-bond acceptors (Lipinski definition) is 3. The topological polar surface area (TPSA) is 42.9 Å². The highest BCUT2D eigenvalue weighted by atomic mass is 16.1. The zero-order valence-electron chi connectivity index (χ0n) is 8.58. The number of rotatable bonds is 0. The minimum absolute atomic E-state index is 0.121. The molecule has 1 aliphatic rings. The Kier molecular flexibility index (Phi) is 3.18. The molecule has 0 amide bonds. The van der Waals surface area contributed by atoms with Crippen LogP contribution in [0.25, 0.3) is 6.08 Å². The second-order valence-electron chi connectivity index (χ2n) is 3.18.